The van der Waals surface area contributed by atoms with Gasteiger partial charge in [0.15, 0.2) is 0 Å². The van der Waals surface area contributed by atoms with Crippen molar-refractivity contribution in [3.05, 3.63) is 29.8 Å². The van der Waals surface area contributed by atoms with Crippen molar-refractivity contribution in [2.24, 2.45) is 0 Å². The maximum atomic E-state index is 13.1. The normalized spacial score (nSPS) is 26.1. The Labute approximate surface area is 173 Å². The van der Waals surface area contributed by atoms with Crippen LogP contribution >= 0.6 is 12.4 Å². The summed E-state index contributed by atoms with van der Waals surface area (Å²) in [6.07, 6.45) is 1.63. The molecule has 3 unspecified atom stereocenters. The Kier molecular flexibility index (Phi) is 7.87. The lowest BCUT2D eigenvalue weighted by Crippen LogP contribution is -2.48. The average molecular weight is 432 g/mol. The minimum atomic E-state index is -3.66. The molecule has 2 fully saturated rings. The van der Waals surface area contributed by atoms with Crippen molar-refractivity contribution in [1.82, 2.24) is 14.5 Å². The number of carbonyl (C=O) groups excluding carboxylic acids is 1. The lowest BCUT2D eigenvalue weighted by molar-refractivity contribution is -0.0440. The van der Waals surface area contributed by atoms with E-state index in [1.807, 2.05) is 25.8 Å². The summed E-state index contributed by atoms with van der Waals surface area (Å²) in [6.45, 7) is 5.83. The summed E-state index contributed by atoms with van der Waals surface area (Å²) < 4.78 is 33.2. The van der Waals surface area contributed by atoms with E-state index in [0.29, 0.717) is 25.2 Å². The summed E-state index contributed by atoms with van der Waals surface area (Å²) in [5.41, 5.74) is 0.424. The van der Waals surface area contributed by atoms with Gasteiger partial charge in [-0.15, -0.1) is 12.4 Å². The third-order valence-electron chi connectivity index (χ3n) is 5.18. The van der Waals surface area contributed by atoms with Crippen LogP contribution in [0.1, 0.15) is 37.0 Å². The minimum Gasteiger partial charge on any atom is -0.373 e. The highest BCUT2D eigenvalue weighted by Gasteiger charge is 2.33. The van der Waals surface area contributed by atoms with Crippen LogP contribution in [0.25, 0.3) is 0 Å². The molecule has 2 aliphatic rings. The molecule has 0 aromatic heterocycles. The van der Waals surface area contributed by atoms with Gasteiger partial charge in [-0.2, -0.15) is 4.31 Å². The number of nitrogens with zero attached hydrogens (tertiary/aromatic N) is 2. The molecule has 0 aliphatic carbocycles. The second kappa shape index (κ2) is 9.54. The Morgan fingerprint density at radius 2 is 1.93 bits per heavy atom. The molecule has 0 saturated carbocycles. The van der Waals surface area contributed by atoms with E-state index < -0.39 is 10.0 Å². The summed E-state index contributed by atoms with van der Waals surface area (Å²) in [4.78, 5) is 15.0. The number of hydrogen-bond donors (Lipinski definition) is 1. The number of carbonyl (C=O) groups is 1. The summed E-state index contributed by atoms with van der Waals surface area (Å²) in [5, 5.41) is 3.12. The molecule has 28 heavy (non-hydrogen) atoms. The van der Waals surface area contributed by atoms with Crippen LogP contribution in [0.5, 0.6) is 0 Å². The fourth-order valence-electron chi connectivity index (χ4n) is 3.98. The van der Waals surface area contributed by atoms with Crippen LogP contribution in [-0.4, -0.2) is 75.0 Å². The van der Waals surface area contributed by atoms with Crippen molar-refractivity contribution in [3.8, 4) is 0 Å². The first-order valence-corrected chi connectivity index (χ1v) is 11.0. The van der Waals surface area contributed by atoms with Crippen LogP contribution < -0.4 is 5.32 Å². The highest BCUT2D eigenvalue weighted by Crippen LogP contribution is 2.24. The molecule has 1 N–H and O–H groups in total. The second-order valence-corrected chi connectivity index (χ2v) is 9.40. The van der Waals surface area contributed by atoms with Crippen molar-refractivity contribution >= 4 is 28.3 Å². The van der Waals surface area contributed by atoms with Crippen LogP contribution in [0, 0.1) is 0 Å². The Morgan fingerprint density at radius 3 is 2.57 bits per heavy atom. The van der Waals surface area contributed by atoms with Gasteiger partial charge in [0.2, 0.25) is 10.0 Å². The standard InChI is InChI=1S/C19H29N3O4S.ClH/c1-14-12-21(13-15(2)26-14)27(24,25)18-8-4-6-16(10-18)19(23)22-9-5-7-17(22)11-20-3;/h4,6,8,10,14-15,17,20H,5,7,9,11-13H2,1-3H3;1H. The van der Waals surface area contributed by atoms with E-state index in [0.717, 1.165) is 19.4 Å². The maximum Gasteiger partial charge on any atom is 0.254 e. The summed E-state index contributed by atoms with van der Waals surface area (Å²) in [6, 6.07) is 6.57. The number of amides is 1. The van der Waals surface area contributed by atoms with Gasteiger partial charge < -0.3 is 15.0 Å². The lowest BCUT2D eigenvalue weighted by Gasteiger charge is -2.34. The highest BCUT2D eigenvalue weighted by molar-refractivity contribution is 7.89. The van der Waals surface area contributed by atoms with Gasteiger partial charge in [-0.25, -0.2) is 8.42 Å². The first-order chi connectivity index (χ1) is 12.8. The van der Waals surface area contributed by atoms with Crippen molar-refractivity contribution in [2.75, 3.05) is 33.2 Å². The van der Waals surface area contributed by atoms with E-state index in [1.165, 1.54) is 10.4 Å². The molecular weight excluding hydrogens is 402 g/mol. The fraction of sp³-hybridized carbons (Fsp3) is 0.632. The number of benzene rings is 1. The number of sulfonamides is 1. The molecule has 158 valence electrons. The number of ether oxygens (including phenoxy) is 1. The van der Waals surface area contributed by atoms with Crippen LogP contribution in [-0.2, 0) is 14.8 Å². The summed E-state index contributed by atoms with van der Waals surface area (Å²) >= 11 is 0. The van der Waals surface area contributed by atoms with E-state index in [9.17, 15) is 13.2 Å². The number of halogens is 1. The number of rotatable bonds is 5. The van der Waals surface area contributed by atoms with Crippen molar-refractivity contribution in [1.29, 1.82) is 0 Å². The Hall–Kier alpha value is -1.19. The van der Waals surface area contributed by atoms with Gasteiger partial charge >= 0.3 is 0 Å². The molecule has 2 saturated heterocycles. The molecule has 3 rings (SSSR count). The quantitative estimate of drug-likeness (QED) is 0.768. The van der Waals surface area contributed by atoms with Gasteiger partial charge in [0.1, 0.15) is 0 Å². The molecule has 2 aliphatic heterocycles. The molecule has 2 heterocycles. The third-order valence-corrected chi connectivity index (χ3v) is 7.01. The predicted octanol–water partition coefficient (Wildman–Crippen LogP) is 1.73. The predicted molar refractivity (Wildman–Crippen MR) is 110 cm³/mol. The van der Waals surface area contributed by atoms with Gasteiger partial charge in [0.05, 0.1) is 17.1 Å². The van der Waals surface area contributed by atoms with E-state index in [4.69, 9.17) is 4.74 Å². The van der Waals surface area contributed by atoms with E-state index in [1.54, 1.807) is 18.2 Å². The van der Waals surface area contributed by atoms with Crippen LogP contribution in [0.4, 0.5) is 0 Å². The average Bonchev–Trinajstić information content (AvgIpc) is 3.09. The van der Waals surface area contributed by atoms with Crippen LogP contribution in [0.15, 0.2) is 29.2 Å². The molecular formula is C19H30ClN3O4S. The number of likely N-dealkylation sites (N-methyl/N-ethyl adjacent to an activating group) is 1. The van der Waals surface area contributed by atoms with Crippen molar-refractivity contribution in [2.45, 2.75) is 49.8 Å². The molecule has 0 radical (unpaired) electrons. The third kappa shape index (κ3) is 4.86. The zero-order valence-electron chi connectivity index (χ0n) is 16.6. The zero-order chi connectivity index (χ0) is 19.6. The van der Waals surface area contributed by atoms with Gasteiger partial charge in [-0.05, 0) is 51.9 Å². The molecule has 0 bridgehead atoms. The Balaban J connectivity index is 0.00000280. The van der Waals surface area contributed by atoms with E-state index in [2.05, 4.69) is 5.32 Å². The van der Waals surface area contributed by atoms with Crippen LogP contribution in [0.2, 0.25) is 0 Å². The fourth-order valence-corrected chi connectivity index (χ4v) is 5.62. The van der Waals surface area contributed by atoms with Crippen molar-refractivity contribution < 1.29 is 17.9 Å². The van der Waals surface area contributed by atoms with Gasteiger partial charge in [0.25, 0.3) is 5.91 Å². The molecule has 1 aromatic rings. The molecule has 3 atom stereocenters. The van der Waals surface area contributed by atoms with Gasteiger partial charge in [-0.3, -0.25) is 4.79 Å². The summed E-state index contributed by atoms with van der Waals surface area (Å²) in [7, 11) is -1.79. The molecule has 9 heteroatoms. The molecule has 0 spiro atoms. The monoisotopic (exact) mass is 431 g/mol. The Morgan fingerprint density at radius 1 is 1.25 bits per heavy atom. The minimum absolute atomic E-state index is 0. The van der Waals surface area contributed by atoms with Gasteiger partial charge in [0, 0.05) is 37.8 Å². The maximum absolute atomic E-state index is 13.1. The number of hydrogen-bond acceptors (Lipinski definition) is 5. The second-order valence-electron chi connectivity index (χ2n) is 7.46. The molecule has 1 amide bonds. The van der Waals surface area contributed by atoms with Crippen molar-refractivity contribution in [3.63, 3.8) is 0 Å². The van der Waals surface area contributed by atoms with Crippen LogP contribution in [0.3, 0.4) is 0 Å². The smallest absolute Gasteiger partial charge is 0.254 e. The lowest BCUT2D eigenvalue weighted by atomic mass is 10.1. The topological polar surface area (TPSA) is 79.0 Å². The molecule has 7 nitrogen and oxygen atoms in total. The first-order valence-electron chi connectivity index (χ1n) is 9.54. The van der Waals surface area contributed by atoms with Gasteiger partial charge in [-0.1, -0.05) is 6.07 Å². The number of likely N-dealkylation sites (tertiary alicyclic amines) is 1. The number of morpholine rings is 1. The zero-order valence-corrected chi connectivity index (χ0v) is 18.3. The number of nitrogens with one attached hydrogen (secondary N) is 1. The first kappa shape index (κ1) is 23.1. The van der Waals surface area contributed by atoms with E-state index in [-0.39, 0.29) is 41.5 Å². The molecule has 1 aromatic carbocycles. The van der Waals surface area contributed by atoms with E-state index >= 15 is 0 Å². The highest BCUT2D eigenvalue weighted by atomic mass is 35.5. The Bertz CT molecular complexity index is 779. The SMILES string of the molecule is CNCC1CCCN1C(=O)c1cccc(S(=O)(=O)N2CC(C)OC(C)C2)c1.Cl. The largest absolute Gasteiger partial charge is 0.373 e. The summed E-state index contributed by atoms with van der Waals surface area (Å²) in [5.74, 6) is -0.103.